The molecule has 0 N–H and O–H groups in total. The van der Waals surface area contributed by atoms with Crippen molar-refractivity contribution in [2.75, 3.05) is 11.5 Å². The van der Waals surface area contributed by atoms with Gasteiger partial charge in [-0.1, -0.05) is 6.92 Å². The first-order valence-electron chi connectivity index (χ1n) is 9.65. The molecule has 5 atom stereocenters. The fraction of sp³-hybridized carbons (Fsp3) is 0.600. The van der Waals surface area contributed by atoms with Gasteiger partial charge >= 0.3 is 6.18 Å². The van der Waals surface area contributed by atoms with Crippen LogP contribution in [0.3, 0.4) is 0 Å². The molecule has 1 aromatic heterocycles. The lowest BCUT2D eigenvalue weighted by atomic mass is 9.67. The van der Waals surface area contributed by atoms with Crippen molar-refractivity contribution < 1.29 is 32.2 Å². The summed E-state index contributed by atoms with van der Waals surface area (Å²) in [7, 11) is 0. The summed E-state index contributed by atoms with van der Waals surface area (Å²) in [5.41, 5.74) is -4.42. The molecule has 3 fully saturated rings. The van der Waals surface area contributed by atoms with E-state index >= 15 is 0 Å². The number of anilines is 1. The minimum absolute atomic E-state index is 0.302. The highest BCUT2D eigenvalue weighted by atomic mass is 19.4. The number of alkyl halides is 3. The van der Waals surface area contributed by atoms with Gasteiger partial charge in [0.15, 0.2) is 5.69 Å². The van der Waals surface area contributed by atoms with Gasteiger partial charge in [-0.05, 0) is 26.3 Å². The Bertz CT molecular complexity index is 975. The number of carbonyl (C=O) groups excluding carboxylic acids is 2. The first kappa shape index (κ1) is 20.8. The van der Waals surface area contributed by atoms with E-state index in [0.29, 0.717) is 19.1 Å². The molecule has 160 valence electrons. The summed E-state index contributed by atoms with van der Waals surface area (Å²) in [6.07, 6.45) is -3.12. The summed E-state index contributed by atoms with van der Waals surface area (Å²) < 4.78 is 52.0. The lowest BCUT2D eigenvalue weighted by Gasteiger charge is -2.35. The Morgan fingerprint density at radius 1 is 1.33 bits per heavy atom. The number of amides is 2. The number of nitriles is 1. The number of hydrogen-bond donors (Lipinski definition) is 0. The molecule has 3 aliphatic rings. The first-order chi connectivity index (χ1) is 14.0. The van der Waals surface area contributed by atoms with E-state index in [1.165, 1.54) is 6.07 Å². The number of hydrogen-bond acceptors (Lipinski definition) is 6. The van der Waals surface area contributed by atoms with Gasteiger partial charge in [0.2, 0.25) is 11.8 Å². The Balaban J connectivity index is 1.74. The molecular formula is C20H20F3N3O4. The van der Waals surface area contributed by atoms with E-state index in [1.54, 1.807) is 13.8 Å². The Kier molecular flexibility index (Phi) is 4.49. The van der Waals surface area contributed by atoms with Gasteiger partial charge in [0, 0.05) is 13.0 Å². The van der Waals surface area contributed by atoms with E-state index in [1.807, 2.05) is 6.92 Å². The van der Waals surface area contributed by atoms with Crippen molar-refractivity contribution in [2.45, 2.75) is 57.1 Å². The summed E-state index contributed by atoms with van der Waals surface area (Å²) in [5.74, 6) is -2.94. The molecule has 0 saturated carbocycles. The molecule has 0 unspecified atom stereocenters. The number of carbonyl (C=O) groups is 2. The van der Waals surface area contributed by atoms with Gasteiger partial charge in [0.1, 0.15) is 11.7 Å². The maximum atomic E-state index is 13.3. The van der Waals surface area contributed by atoms with E-state index in [0.717, 1.165) is 17.5 Å². The van der Waals surface area contributed by atoms with Gasteiger partial charge in [-0.15, -0.1) is 0 Å². The number of rotatable bonds is 4. The smallest absolute Gasteiger partial charge is 0.375 e. The topological polar surface area (TPSA) is 92.5 Å². The molecule has 0 aromatic carbocycles. The second-order valence-corrected chi connectivity index (χ2v) is 8.33. The number of fused-ring (bicyclic) bond motifs is 5. The van der Waals surface area contributed by atoms with Crippen LogP contribution in [0.2, 0.25) is 0 Å². The quantitative estimate of drug-likeness (QED) is 0.692. The molecule has 10 heteroatoms. The van der Waals surface area contributed by atoms with Crippen LogP contribution in [0.4, 0.5) is 18.9 Å². The third-order valence-corrected chi connectivity index (χ3v) is 6.33. The maximum Gasteiger partial charge on any atom is 0.419 e. The molecule has 0 aliphatic carbocycles. The van der Waals surface area contributed by atoms with Crippen LogP contribution < -0.4 is 4.90 Å². The Morgan fingerprint density at radius 2 is 2.00 bits per heavy atom. The predicted octanol–water partition coefficient (Wildman–Crippen LogP) is 2.82. The van der Waals surface area contributed by atoms with Crippen LogP contribution in [0, 0.1) is 23.2 Å². The van der Waals surface area contributed by atoms with Gasteiger partial charge in [0.05, 0.1) is 41.0 Å². The number of imide groups is 1. The lowest BCUT2D eigenvalue weighted by molar-refractivity contribution is -0.139. The highest BCUT2D eigenvalue weighted by Crippen LogP contribution is 2.61. The van der Waals surface area contributed by atoms with Crippen molar-refractivity contribution >= 4 is 17.5 Å². The van der Waals surface area contributed by atoms with Crippen LogP contribution in [0.5, 0.6) is 0 Å². The molecule has 3 aliphatic heterocycles. The number of pyridine rings is 1. The van der Waals surface area contributed by atoms with Gasteiger partial charge in [-0.25, -0.2) is 9.88 Å². The minimum atomic E-state index is -4.85. The molecule has 0 radical (unpaired) electrons. The minimum Gasteiger partial charge on any atom is -0.375 e. The molecule has 4 heterocycles. The van der Waals surface area contributed by atoms with E-state index < -0.39 is 58.4 Å². The molecular weight excluding hydrogens is 403 g/mol. The third kappa shape index (κ3) is 2.68. The number of nitrogens with zero attached hydrogens (tertiary/aromatic N) is 3. The SMILES string of the molecule is CCCO[C@H]1C[C@@]2(C)O[C@]1(C)[C@@H]1C(=O)N(c3cnc(C#N)c(C(F)(F)F)c3)C(=O)[C@@H]12. The summed E-state index contributed by atoms with van der Waals surface area (Å²) in [6.45, 7) is 5.87. The highest BCUT2D eigenvalue weighted by Gasteiger charge is 2.76. The summed E-state index contributed by atoms with van der Waals surface area (Å²) in [6, 6.07) is 2.01. The molecule has 3 saturated heterocycles. The summed E-state index contributed by atoms with van der Waals surface area (Å²) in [4.78, 5) is 30.7. The summed E-state index contributed by atoms with van der Waals surface area (Å²) >= 11 is 0. The van der Waals surface area contributed by atoms with Crippen LogP contribution in [-0.4, -0.2) is 40.7 Å². The average Bonchev–Trinajstić information content (AvgIpc) is 3.19. The van der Waals surface area contributed by atoms with E-state index in [4.69, 9.17) is 14.7 Å². The number of halogens is 3. The Labute approximate surface area is 170 Å². The third-order valence-electron chi connectivity index (χ3n) is 6.33. The highest BCUT2D eigenvalue weighted by molar-refractivity contribution is 6.23. The van der Waals surface area contributed by atoms with Crippen LogP contribution in [0.1, 0.15) is 44.9 Å². The summed E-state index contributed by atoms with van der Waals surface area (Å²) in [5, 5.41) is 8.93. The van der Waals surface area contributed by atoms with Gasteiger partial charge in [0.25, 0.3) is 0 Å². The molecule has 4 rings (SSSR count). The Morgan fingerprint density at radius 3 is 2.60 bits per heavy atom. The van der Waals surface area contributed by atoms with Crippen molar-refractivity contribution in [3.63, 3.8) is 0 Å². The van der Waals surface area contributed by atoms with E-state index in [2.05, 4.69) is 4.98 Å². The number of ether oxygens (including phenoxy) is 2. The standard InChI is InChI=1S/C20H20F3N3O4/c1-4-5-29-13-7-18(2)14-15(19(13,3)30-18)17(28)26(16(14)27)10-6-11(20(21,22)23)12(8-24)25-9-10/h6,9,13-15H,4-5,7H2,1-3H3/t13-,14+,15-,18+,19-/m0/s1. The molecule has 0 spiro atoms. The monoisotopic (exact) mass is 423 g/mol. The fourth-order valence-electron chi connectivity index (χ4n) is 5.12. The van der Waals surface area contributed by atoms with Crippen molar-refractivity contribution in [3.05, 3.63) is 23.5 Å². The zero-order valence-electron chi connectivity index (χ0n) is 16.6. The van der Waals surface area contributed by atoms with E-state index in [-0.39, 0.29) is 5.69 Å². The van der Waals surface area contributed by atoms with Gasteiger partial charge in [-0.3, -0.25) is 9.59 Å². The van der Waals surface area contributed by atoms with Crippen LogP contribution in [0.15, 0.2) is 12.3 Å². The molecule has 2 amide bonds. The second-order valence-electron chi connectivity index (χ2n) is 8.33. The molecule has 7 nitrogen and oxygen atoms in total. The molecule has 1 aromatic rings. The van der Waals surface area contributed by atoms with Crippen LogP contribution in [0.25, 0.3) is 0 Å². The van der Waals surface area contributed by atoms with Crippen molar-refractivity contribution in [1.82, 2.24) is 4.98 Å². The zero-order chi connectivity index (χ0) is 22.1. The molecule has 30 heavy (non-hydrogen) atoms. The maximum absolute atomic E-state index is 13.3. The molecule has 2 bridgehead atoms. The average molecular weight is 423 g/mol. The second kappa shape index (κ2) is 6.49. The normalized spacial score (nSPS) is 35.1. The Hall–Kier alpha value is -2.51. The first-order valence-corrected chi connectivity index (χ1v) is 9.65. The zero-order valence-corrected chi connectivity index (χ0v) is 16.6. The largest absolute Gasteiger partial charge is 0.419 e. The lowest BCUT2D eigenvalue weighted by Crippen LogP contribution is -2.50. The fourth-order valence-corrected chi connectivity index (χ4v) is 5.12. The predicted molar refractivity (Wildman–Crippen MR) is 96.0 cm³/mol. The van der Waals surface area contributed by atoms with Crippen LogP contribution in [-0.2, 0) is 25.2 Å². The van der Waals surface area contributed by atoms with E-state index in [9.17, 15) is 22.8 Å². The van der Waals surface area contributed by atoms with Crippen LogP contribution >= 0.6 is 0 Å². The van der Waals surface area contributed by atoms with Gasteiger partial charge < -0.3 is 9.47 Å². The van der Waals surface area contributed by atoms with Crippen molar-refractivity contribution in [3.8, 4) is 6.07 Å². The number of aromatic nitrogens is 1. The van der Waals surface area contributed by atoms with Crippen molar-refractivity contribution in [2.24, 2.45) is 11.8 Å². The van der Waals surface area contributed by atoms with Gasteiger partial charge in [-0.2, -0.15) is 18.4 Å². The van der Waals surface area contributed by atoms with Crippen molar-refractivity contribution in [1.29, 1.82) is 5.26 Å².